The predicted molar refractivity (Wildman–Crippen MR) is 90.6 cm³/mol. The highest BCUT2D eigenvalue weighted by molar-refractivity contribution is 9.10. The van der Waals surface area contributed by atoms with Crippen LogP contribution in [0.2, 0.25) is 0 Å². The zero-order valence-corrected chi connectivity index (χ0v) is 14.1. The summed E-state index contributed by atoms with van der Waals surface area (Å²) in [5.74, 6) is 0. The molecule has 0 spiro atoms. The predicted octanol–water partition coefficient (Wildman–Crippen LogP) is 4.18. The number of nitrogens with zero attached hydrogens (tertiary/aromatic N) is 1. The van der Waals surface area contributed by atoms with Crippen molar-refractivity contribution < 1.29 is 0 Å². The quantitative estimate of drug-likeness (QED) is 0.889. The fourth-order valence-electron chi connectivity index (χ4n) is 2.64. The summed E-state index contributed by atoms with van der Waals surface area (Å²) in [5, 5.41) is 5.58. The van der Waals surface area contributed by atoms with Crippen molar-refractivity contribution in [2.75, 3.05) is 18.0 Å². The summed E-state index contributed by atoms with van der Waals surface area (Å²) in [6.07, 6.45) is 1.17. The number of thiophene rings is 1. The van der Waals surface area contributed by atoms with E-state index in [2.05, 4.69) is 62.7 Å². The third kappa shape index (κ3) is 2.92. The second-order valence-corrected chi connectivity index (χ2v) is 6.96. The zero-order chi connectivity index (χ0) is 13.9. The molecule has 1 N–H and O–H groups in total. The van der Waals surface area contributed by atoms with E-state index in [4.69, 9.17) is 0 Å². The minimum absolute atomic E-state index is 0.935. The van der Waals surface area contributed by atoms with Gasteiger partial charge >= 0.3 is 0 Å². The molecule has 0 fully saturated rings. The molecule has 0 saturated carbocycles. The minimum atomic E-state index is 0.935. The molecule has 1 aromatic carbocycles. The van der Waals surface area contributed by atoms with Crippen molar-refractivity contribution in [1.29, 1.82) is 0 Å². The van der Waals surface area contributed by atoms with E-state index in [9.17, 15) is 0 Å². The molecular weight excluding hydrogens is 332 g/mol. The van der Waals surface area contributed by atoms with E-state index in [1.165, 1.54) is 27.7 Å². The van der Waals surface area contributed by atoms with E-state index >= 15 is 0 Å². The molecule has 0 atom stereocenters. The Hall–Kier alpha value is -0.840. The van der Waals surface area contributed by atoms with Gasteiger partial charge in [0.2, 0.25) is 0 Å². The molecule has 0 unspecified atom stereocenters. The number of anilines is 1. The number of halogens is 1. The van der Waals surface area contributed by atoms with Crippen LogP contribution in [0.25, 0.3) is 0 Å². The van der Waals surface area contributed by atoms with Crippen molar-refractivity contribution in [2.24, 2.45) is 0 Å². The van der Waals surface area contributed by atoms with Crippen LogP contribution in [0.5, 0.6) is 0 Å². The molecule has 1 aliphatic heterocycles. The van der Waals surface area contributed by atoms with E-state index in [0.717, 1.165) is 26.2 Å². The lowest BCUT2D eigenvalue weighted by Crippen LogP contribution is -2.29. The van der Waals surface area contributed by atoms with Crippen LogP contribution in [-0.2, 0) is 19.5 Å². The smallest absolute Gasteiger partial charge is 0.0513 e. The Bertz CT molecular complexity index is 594. The number of hydrogen-bond donors (Lipinski definition) is 1. The monoisotopic (exact) mass is 350 g/mol. The Balaban J connectivity index is 1.78. The van der Waals surface area contributed by atoms with Crippen molar-refractivity contribution in [3.8, 4) is 0 Å². The topological polar surface area (TPSA) is 15.3 Å². The highest BCUT2D eigenvalue weighted by Crippen LogP contribution is 2.32. The standard InChI is InChI=1S/C16H19BrN2S/c1-2-18-10-12-3-4-15(14(17)9-12)19-7-5-16-13(11-19)6-8-20-16/h3-4,6,8-9,18H,2,5,7,10-11H2,1H3. The third-order valence-corrected chi connectivity index (χ3v) is 5.40. The average molecular weight is 351 g/mol. The first kappa shape index (κ1) is 14.1. The molecule has 0 amide bonds. The van der Waals surface area contributed by atoms with Gasteiger partial charge in [-0.3, -0.25) is 0 Å². The van der Waals surface area contributed by atoms with Gasteiger partial charge in [-0.25, -0.2) is 0 Å². The molecule has 2 aromatic rings. The average Bonchev–Trinajstić information content (AvgIpc) is 2.92. The highest BCUT2D eigenvalue weighted by Gasteiger charge is 2.19. The van der Waals surface area contributed by atoms with Crippen LogP contribution in [0, 0.1) is 0 Å². The molecule has 0 radical (unpaired) electrons. The zero-order valence-electron chi connectivity index (χ0n) is 11.7. The fourth-order valence-corrected chi connectivity index (χ4v) is 4.21. The summed E-state index contributed by atoms with van der Waals surface area (Å²) in [6, 6.07) is 8.97. The fraction of sp³-hybridized carbons (Fsp3) is 0.375. The number of nitrogens with one attached hydrogen (secondary N) is 1. The lowest BCUT2D eigenvalue weighted by molar-refractivity contribution is 0.723. The summed E-state index contributed by atoms with van der Waals surface area (Å²) < 4.78 is 1.20. The normalized spacial score (nSPS) is 14.4. The van der Waals surface area contributed by atoms with Crippen molar-refractivity contribution in [2.45, 2.75) is 26.4 Å². The van der Waals surface area contributed by atoms with E-state index in [0.29, 0.717) is 0 Å². The molecular formula is C16H19BrN2S. The molecule has 4 heteroatoms. The molecule has 0 bridgehead atoms. The number of benzene rings is 1. The largest absolute Gasteiger partial charge is 0.366 e. The molecule has 20 heavy (non-hydrogen) atoms. The maximum Gasteiger partial charge on any atom is 0.0513 e. The Labute approximate surface area is 132 Å². The Morgan fingerprint density at radius 1 is 1.35 bits per heavy atom. The summed E-state index contributed by atoms with van der Waals surface area (Å²) in [4.78, 5) is 4.03. The highest BCUT2D eigenvalue weighted by atomic mass is 79.9. The third-order valence-electron chi connectivity index (χ3n) is 3.74. The molecule has 106 valence electrons. The number of rotatable bonds is 4. The van der Waals surface area contributed by atoms with Crippen molar-refractivity contribution >= 4 is 33.0 Å². The molecule has 1 aromatic heterocycles. The van der Waals surface area contributed by atoms with E-state index in [1.54, 1.807) is 4.88 Å². The second kappa shape index (κ2) is 6.29. The van der Waals surface area contributed by atoms with Gasteiger partial charge in [-0.05, 0) is 63.6 Å². The van der Waals surface area contributed by atoms with Crippen LogP contribution < -0.4 is 10.2 Å². The maximum absolute atomic E-state index is 3.74. The van der Waals surface area contributed by atoms with Gasteiger partial charge in [0.05, 0.1) is 5.69 Å². The van der Waals surface area contributed by atoms with Crippen molar-refractivity contribution in [3.63, 3.8) is 0 Å². The van der Waals surface area contributed by atoms with Gasteiger partial charge in [0.15, 0.2) is 0 Å². The summed E-state index contributed by atoms with van der Waals surface area (Å²) in [5.41, 5.74) is 4.13. The Morgan fingerprint density at radius 2 is 2.25 bits per heavy atom. The Kier molecular flexibility index (Phi) is 4.44. The van der Waals surface area contributed by atoms with Crippen LogP contribution in [0.1, 0.15) is 22.9 Å². The van der Waals surface area contributed by atoms with Gasteiger partial charge in [-0.1, -0.05) is 13.0 Å². The first-order chi connectivity index (χ1) is 9.78. The van der Waals surface area contributed by atoms with Crippen molar-refractivity contribution in [3.05, 3.63) is 50.1 Å². The lowest BCUT2D eigenvalue weighted by Gasteiger charge is -2.30. The molecule has 0 saturated heterocycles. The molecule has 2 nitrogen and oxygen atoms in total. The van der Waals surface area contributed by atoms with Gasteiger partial charge < -0.3 is 10.2 Å². The Morgan fingerprint density at radius 3 is 3.05 bits per heavy atom. The maximum atomic E-state index is 3.74. The van der Waals surface area contributed by atoms with E-state index < -0.39 is 0 Å². The van der Waals surface area contributed by atoms with E-state index in [1.807, 2.05) is 11.3 Å². The minimum Gasteiger partial charge on any atom is -0.366 e. The van der Waals surface area contributed by atoms with Gasteiger partial charge in [0.1, 0.15) is 0 Å². The lowest BCUT2D eigenvalue weighted by atomic mass is 10.1. The van der Waals surface area contributed by atoms with Crippen LogP contribution >= 0.6 is 27.3 Å². The van der Waals surface area contributed by atoms with Gasteiger partial charge in [0.25, 0.3) is 0 Å². The summed E-state index contributed by atoms with van der Waals surface area (Å²) in [6.45, 7) is 6.22. The van der Waals surface area contributed by atoms with Gasteiger partial charge in [-0.2, -0.15) is 0 Å². The summed E-state index contributed by atoms with van der Waals surface area (Å²) >= 11 is 5.63. The molecule has 0 aliphatic carbocycles. The molecule has 3 rings (SSSR count). The van der Waals surface area contributed by atoms with Crippen LogP contribution in [0.3, 0.4) is 0 Å². The first-order valence-corrected chi connectivity index (χ1v) is 8.74. The molecule has 1 aliphatic rings. The first-order valence-electron chi connectivity index (χ1n) is 7.07. The van der Waals surface area contributed by atoms with E-state index in [-0.39, 0.29) is 0 Å². The number of fused-ring (bicyclic) bond motifs is 1. The van der Waals surface area contributed by atoms with Crippen LogP contribution in [0.4, 0.5) is 5.69 Å². The van der Waals surface area contributed by atoms with Gasteiger partial charge in [-0.15, -0.1) is 11.3 Å². The van der Waals surface area contributed by atoms with Crippen LogP contribution in [0.15, 0.2) is 34.1 Å². The second-order valence-electron chi connectivity index (χ2n) is 5.11. The van der Waals surface area contributed by atoms with Crippen LogP contribution in [-0.4, -0.2) is 13.1 Å². The summed E-state index contributed by atoms with van der Waals surface area (Å²) in [7, 11) is 0. The van der Waals surface area contributed by atoms with Crippen molar-refractivity contribution in [1.82, 2.24) is 5.32 Å². The SMILES string of the molecule is CCNCc1ccc(N2CCc3sccc3C2)c(Br)c1. The number of hydrogen-bond acceptors (Lipinski definition) is 3. The molecule has 2 heterocycles. The van der Waals surface area contributed by atoms with Gasteiger partial charge in [0, 0.05) is 29.0 Å².